The molecular formula is C10H13BrN2O4S2. The summed E-state index contributed by atoms with van der Waals surface area (Å²) in [6.45, 7) is -0.0623. The summed E-state index contributed by atoms with van der Waals surface area (Å²) >= 11 is 3.20. The van der Waals surface area contributed by atoms with E-state index in [4.69, 9.17) is 5.73 Å². The van der Waals surface area contributed by atoms with Crippen LogP contribution in [-0.2, 0) is 19.9 Å². The maximum Gasteiger partial charge on any atom is 0.245 e. The number of nitrogen functional groups attached to an aromatic ring is 1. The number of anilines is 1. The van der Waals surface area contributed by atoms with Gasteiger partial charge in [0.25, 0.3) is 0 Å². The van der Waals surface area contributed by atoms with Crippen molar-refractivity contribution in [3.05, 3.63) is 22.7 Å². The van der Waals surface area contributed by atoms with Crippen molar-refractivity contribution in [2.24, 2.45) is 0 Å². The van der Waals surface area contributed by atoms with Crippen LogP contribution in [0.25, 0.3) is 0 Å². The first kappa shape index (κ1) is 14.8. The fourth-order valence-corrected chi connectivity index (χ4v) is 5.33. The molecule has 19 heavy (non-hydrogen) atoms. The molecule has 1 fully saturated rings. The Morgan fingerprint density at radius 3 is 2.37 bits per heavy atom. The summed E-state index contributed by atoms with van der Waals surface area (Å²) in [5.74, 6) is -0.305. The molecule has 0 atom stereocenters. The normalized spacial score (nSPS) is 20.3. The van der Waals surface area contributed by atoms with Crippen molar-refractivity contribution in [1.82, 2.24) is 4.31 Å². The second kappa shape index (κ2) is 5.04. The van der Waals surface area contributed by atoms with Crippen molar-refractivity contribution in [3.63, 3.8) is 0 Å². The van der Waals surface area contributed by atoms with Crippen LogP contribution in [0.5, 0.6) is 0 Å². The van der Waals surface area contributed by atoms with Gasteiger partial charge in [0.2, 0.25) is 10.0 Å². The topological polar surface area (TPSA) is 97.5 Å². The van der Waals surface area contributed by atoms with E-state index >= 15 is 0 Å². The standard InChI is InChI=1S/C10H13BrN2O4S2/c11-8-1-2-9(12)10(7-8)19(16,17)13-3-5-18(14,15)6-4-13/h1-2,7H,3-6,12H2. The number of rotatable bonds is 2. The minimum absolute atomic E-state index is 0.00109. The van der Waals surface area contributed by atoms with Gasteiger partial charge in [-0.2, -0.15) is 4.31 Å². The van der Waals surface area contributed by atoms with Crippen molar-refractivity contribution in [2.75, 3.05) is 30.3 Å². The molecule has 1 saturated heterocycles. The lowest BCUT2D eigenvalue weighted by atomic mass is 10.3. The lowest BCUT2D eigenvalue weighted by Gasteiger charge is -2.26. The van der Waals surface area contributed by atoms with Gasteiger partial charge < -0.3 is 5.73 Å². The number of nitrogens with zero attached hydrogens (tertiary/aromatic N) is 1. The second-order valence-corrected chi connectivity index (χ2v) is 9.36. The monoisotopic (exact) mass is 368 g/mol. The Kier molecular flexibility index (Phi) is 3.92. The molecule has 0 saturated carbocycles. The van der Waals surface area contributed by atoms with Gasteiger partial charge in [-0.15, -0.1) is 0 Å². The van der Waals surface area contributed by atoms with E-state index in [0.717, 1.165) is 4.31 Å². The van der Waals surface area contributed by atoms with E-state index in [9.17, 15) is 16.8 Å². The number of hydrogen-bond acceptors (Lipinski definition) is 5. The Bertz CT molecular complexity index is 686. The molecule has 0 radical (unpaired) electrons. The molecule has 1 aromatic rings. The van der Waals surface area contributed by atoms with Crippen molar-refractivity contribution < 1.29 is 16.8 Å². The smallest absolute Gasteiger partial charge is 0.245 e. The van der Waals surface area contributed by atoms with E-state index in [1.54, 1.807) is 6.07 Å². The maximum absolute atomic E-state index is 12.4. The molecule has 9 heteroatoms. The maximum atomic E-state index is 12.4. The number of benzene rings is 1. The number of sulfone groups is 1. The van der Waals surface area contributed by atoms with Crippen LogP contribution in [0.4, 0.5) is 5.69 Å². The molecule has 1 heterocycles. The van der Waals surface area contributed by atoms with Crippen LogP contribution in [0, 0.1) is 0 Å². The summed E-state index contributed by atoms with van der Waals surface area (Å²) in [5.41, 5.74) is 5.84. The summed E-state index contributed by atoms with van der Waals surface area (Å²) in [5, 5.41) is 0. The van der Waals surface area contributed by atoms with Gasteiger partial charge in [-0.05, 0) is 18.2 Å². The molecule has 1 aliphatic heterocycles. The van der Waals surface area contributed by atoms with Crippen molar-refractivity contribution in [1.29, 1.82) is 0 Å². The van der Waals surface area contributed by atoms with Crippen LogP contribution in [0.15, 0.2) is 27.6 Å². The second-order valence-electron chi connectivity index (χ2n) is 4.24. The number of halogens is 1. The number of hydrogen-bond donors (Lipinski definition) is 1. The van der Waals surface area contributed by atoms with E-state index in [1.165, 1.54) is 12.1 Å². The summed E-state index contributed by atoms with van der Waals surface area (Å²) in [7, 11) is -6.87. The SMILES string of the molecule is Nc1ccc(Br)cc1S(=O)(=O)N1CCS(=O)(=O)CC1. The van der Waals surface area contributed by atoms with Crippen LogP contribution >= 0.6 is 15.9 Å². The molecule has 0 aromatic heterocycles. The van der Waals surface area contributed by atoms with Crippen molar-refractivity contribution >= 4 is 41.5 Å². The predicted molar refractivity (Wildman–Crippen MR) is 76.0 cm³/mol. The third kappa shape index (κ3) is 3.10. The molecule has 2 N–H and O–H groups in total. The quantitative estimate of drug-likeness (QED) is 0.764. The summed E-state index contributed by atoms with van der Waals surface area (Å²) in [6.07, 6.45) is 0. The van der Waals surface area contributed by atoms with Crippen molar-refractivity contribution in [3.8, 4) is 0 Å². The van der Waals surface area contributed by atoms with Crippen LogP contribution in [0.3, 0.4) is 0 Å². The molecule has 0 spiro atoms. The van der Waals surface area contributed by atoms with Gasteiger partial charge in [0.15, 0.2) is 9.84 Å². The Hall–Kier alpha value is -0.640. The highest BCUT2D eigenvalue weighted by Crippen LogP contribution is 2.26. The van der Waals surface area contributed by atoms with E-state index in [-0.39, 0.29) is 35.2 Å². The molecule has 1 aliphatic rings. The van der Waals surface area contributed by atoms with Gasteiger partial charge in [0, 0.05) is 17.6 Å². The Morgan fingerprint density at radius 1 is 1.21 bits per heavy atom. The zero-order valence-corrected chi connectivity index (χ0v) is 13.1. The first-order chi connectivity index (χ1) is 8.72. The molecule has 1 aromatic carbocycles. The third-order valence-corrected chi connectivity index (χ3v) is 6.95. The van der Waals surface area contributed by atoms with Crippen LogP contribution in [0.1, 0.15) is 0 Å². The molecule has 0 amide bonds. The molecule has 0 unspecified atom stereocenters. The predicted octanol–water partition coefficient (Wildman–Crippen LogP) is 0.450. The van der Waals surface area contributed by atoms with Crippen molar-refractivity contribution in [2.45, 2.75) is 4.90 Å². The molecule has 0 bridgehead atoms. The highest BCUT2D eigenvalue weighted by molar-refractivity contribution is 9.10. The van der Waals surface area contributed by atoms with E-state index < -0.39 is 19.9 Å². The van der Waals surface area contributed by atoms with Crippen LogP contribution in [0.2, 0.25) is 0 Å². The Morgan fingerprint density at radius 2 is 1.79 bits per heavy atom. The Balaban J connectivity index is 2.36. The summed E-state index contributed by atoms with van der Waals surface area (Å²) in [6, 6.07) is 4.57. The number of sulfonamides is 1. The van der Waals surface area contributed by atoms with E-state index in [2.05, 4.69) is 15.9 Å². The van der Waals surface area contributed by atoms with E-state index in [1.807, 2.05) is 0 Å². The molecule has 0 aliphatic carbocycles. The first-order valence-corrected chi connectivity index (χ1v) is 9.53. The fourth-order valence-electron chi connectivity index (χ4n) is 1.81. The highest BCUT2D eigenvalue weighted by atomic mass is 79.9. The summed E-state index contributed by atoms with van der Waals surface area (Å²) in [4.78, 5) is 0.00109. The largest absolute Gasteiger partial charge is 0.398 e. The minimum Gasteiger partial charge on any atom is -0.398 e. The fraction of sp³-hybridized carbons (Fsp3) is 0.400. The van der Waals surface area contributed by atoms with Gasteiger partial charge in [0.05, 0.1) is 17.2 Å². The zero-order valence-electron chi connectivity index (χ0n) is 9.91. The van der Waals surface area contributed by atoms with Gasteiger partial charge >= 0.3 is 0 Å². The first-order valence-electron chi connectivity index (χ1n) is 5.48. The molecular weight excluding hydrogens is 356 g/mol. The molecule has 2 rings (SSSR count). The van der Waals surface area contributed by atoms with Crippen LogP contribution in [-0.4, -0.2) is 45.7 Å². The zero-order chi connectivity index (χ0) is 14.3. The molecule has 6 nitrogen and oxygen atoms in total. The Labute approximate surface area is 120 Å². The summed E-state index contributed by atoms with van der Waals surface area (Å²) < 4.78 is 49.2. The average Bonchev–Trinajstić information content (AvgIpc) is 2.31. The number of nitrogens with two attached hydrogens (primary N) is 1. The van der Waals surface area contributed by atoms with Gasteiger partial charge in [-0.25, -0.2) is 16.8 Å². The lowest BCUT2D eigenvalue weighted by Crippen LogP contribution is -2.43. The third-order valence-electron chi connectivity index (χ3n) is 2.90. The minimum atomic E-state index is -3.75. The van der Waals surface area contributed by atoms with Gasteiger partial charge in [-0.1, -0.05) is 15.9 Å². The average molecular weight is 369 g/mol. The van der Waals surface area contributed by atoms with Crippen LogP contribution < -0.4 is 5.73 Å². The lowest BCUT2D eigenvalue weighted by molar-refractivity contribution is 0.431. The molecule has 106 valence electrons. The van der Waals surface area contributed by atoms with E-state index in [0.29, 0.717) is 4.47 Å². The van der Waals surface area contributed by atoms with Gasteiger partial charge in [-0.3, -0.25) is 0 Å². The van der Waals surface area contributed by atoms with Gasteiger partial charge in [0.1, 0.15) is 4.90 Å². The highest BCUT2D eigenvalue weighted by Gasteiger charge is 2.32.